The first-order valence-corrected chi connectivity index (χ1v) is 9.63. The predicted molar refractivity (Wildman–Crippen MR) is 97.5 cm³/mol. The molecule has 1 saturated heterocycles. The van der Waals surface area contributed by atoms with E-state index in [0.29, 0.717) is 0 Å². The average molecular weight is 326 g/mol. The third kappa shape index (κ3) is 3.90. The lowest BCUT2D eigenvalue weighted by Crippen LogP contribution is -2.35. The number of benzene rings is 1. The first kappa shape index (κ1) is 16.3. The summed E-state index contributed by atoms with van der Waals surface area (Å²) in [6, 6.07) is 9.06. The van der Waals surface area contributed by atoms with Crippen molar-refractivity contribution in [3.63, 3.8) is 0 Å². The number of hydrogen-bond acceptors (Lipinski definition) is 3. The molecule has 3 atom stereocenters. The van der Waals surface area contributed by atoms with Gasteiger partial charge in [-0.3, -0.25) is 4.90 Å². The van der Waals surface area contributed by atoms with Crippen LogP contribution in [0.2, 0.25) is 0 Å². The Morgan fingerprint density at radius 3 is 2.42 bits per heavy atom. The number of fused-ring (bicyclic) bond motifs is 2. The Bertz CT molecular complexity index is 560. The van der Waals surface area contributed by atoms with Crippen molar-refractivity contribution in [2.24, 2.45) is 17.8 Å². The van der Waals surface area contributed by atoms with Crippen LogP contribution in [0.4, 0.5) is 0 Å². The lowest BCUT2D eigenvalue weighted by molar-refractivity contribution is 0.0792. The lowest BCUT2D eigenvalue weighted by atomic mass is 9.93. The average Bonchev–Trinajstić information content (AvgIpc) is 3.22. The first-order valence-electron chi connectivity index (χ1n) is 9.63. The predicted octanol–water partition coefficient (Wildman–Crippen LogP) is 2.95. The summed E-state index contributed by atoms with van der Waals surface area (Å²) in [5.74, 6) is 2.57. The molecule has 0 unspecified atom stereocenters. The largest absolute Gasteiger partial charge is 0.393 e. The molecule has 0 aromatic heterocycles. The van der Waals surface area contributed by atoms with E-state index in [1.807, 2.05) is 0 Å². The van der Waals surface area contributed by atoms with E-state index >= 15 is 0 Å². The molecule has 24 heavy (non-hydrogen) atoms. The first-order chi connectivity index (χ1) is 11.8. The molecule has 1 aromatic carbocycles. The van der Waals surface area contributed by atoms with Gasteiger partial charge in [0.25, 0.3) is 0 Å². The Morgan fingerprint density at radius 1 is 1.00 bits per heavy atom. The van der Waals surface area contributed by atoms with Gasteiger partial charge in [0.15, 0.2) is 0 Å². The molecule has 1 aromatic rings. The van der Waals surface area contributed by atoms with Gasteiger partial charge in [-0.15, -0.1) is 0 Å². The van der Waals surface area contributed by atoms with E-state index in [-0.39, 0.29) is 6.10 Å². The van der Waals surface area contributed by atoms with Gasteiger partial charge in [0, 0.05) is 26.2 Å². The van der Waals surface area contributed by atoms with Crippen LogP contribution in [0, 0.1) is 17.8 Å². The van der Waals surface area contributed by atoms with E-state index in [4.69, 9.17) is 0 Å². The molecule has 0 radical (unpaired) electrons. The zero-order valence-electron chi connectivity index (χ0n) is 14.5. The highest BCUT2D eigenvalue weighted by Gasteiger charge is 2.34. The van der Waals surface area contributed by atoms with Crippen LogP contribution in [0.25, 0.3) is 0 Å². The van der Waals surface area contributed by atoms with E-state index in [1.165, 1.54) is 24.0 Å². The summed E-state index contributed by atoms with van der Waals surface area (Å²) in [6.07, 6.45) is 9.39. The Morgan fingerprint density at radius 2 is 1.75 bits per heavy atom. The number of nitrogens with zero attached hydrogens (tertiary/aromatic N) is 1. The second-order valence-corrected chi connectivity index (χ2v) is 8.00. The van der Waals surface area contributed by atoms with E-state index in [2.05, 4.69) is 46.6 Å². The molecule has 130 valence electrons. The monoisotopic (exact) mass is 326 g/mol. The van der Waals surface area contributed by atoms with E-state index < -0.39 is 0 Å². The molecule has 2 N–H and O–H groups in total. The smallest absolute Gasteiger partial charge is 0.0564 e. The summed E-state index contributed by atoms with van der Waals surface area (Å²) in [7, 11) is 0. The van der Waals surface area contributed by atoms with Crippen LogP contribution < -0.4 is 5.32 Å². The number of rotatable bonds is 6. The fraction of sp³-hybridized carbons (Fsp3) is 0.619. The van der Waals surface area contributed by atoms with Gasteiger partial charge >= 0.3 is 0 Å². The van der Waals surface area contributed by atoms with Gasteiger partial charge < -0.3 is 10.4 Å². The second kappa shape index (κ2) is 7.38. The molecule has 3 nitrogen and oxygen atoms in total. The molecular weight excluding hydrogens is 296 g/mol. The van der Waals surface area contributed by atoms with E-state index in [0.717, 1.165) is 63.3 Å². The normalized spacial score (nSPS) is 30.3. The molecule has 4 rings (SSSR count). The Labute approximate surface area is 145 Å². The zero-order valence-corrected chi connectivity index (χ0v) is 14.5. The molecule has 2 bridgehead atoms. The van der Waals surface area contributed by atoms with Gasteiger partial charge in [-0.05, 0) is 61.1 Å². The molecule has 3 aliphatic rings. The van der Waals surface area contributed by atoms with Crippen LogP contribution in [0.1, 0.15) is 36.8 Å². The molecule has 2 aliphatic carbocycles. The number of likely N-dealkylation sites (tertiary alicyclic amines) is 1. The topological polar surface area (TPSA) is 35.5 Å². The van der Waals surface area contributed by atoms with Crippen LogP contribution in [0.5, 0.6) is 0 Å². The minimum atomic E-state index is -0.0831. The third-order valence-corrected chi connectivity index (χ3v) is 6.14. The Hall–Kier alpha value is -1.16. The third-order valence-electron chi connectivity index (χ3n) is 6.14. The maximum atomic E-state index is 9.59. The van der Waals surface area contributed by atoms with Crippen LogP contribution in [0.15, 0.2) is 36.4 Å². The number of hydrogen-bond donors (Lipinski definition) is 2. The highest BCUT2D eigenvalue weighted by molar-refractivity contribution is 5.22. The number of piperidine rings is 1. The quantitative estimate of drug-likeness (QED) is 0.789. The number of aliphatic hydroxyl groups excluding tert-OH is 1. The van der Waals surface area contributed by atoms with Gasteiger partial charge in [0.2, 0.25) is 0 Å². The van der Waals surface area contributed by atoms with E-state index in [9.17, 15) is 5.11 Å². The summed E-state index contributed by atoms with van der Waals surface area (Å²) >= 11 is 0. The molecule has 3 heteroatoms. The Balaban J connectivity index is 1.20. The maximum Gasteiger partial charge on any atom is 0.0564 e. The lowest BCUT2D eigenvalue weighted by Gasteiger charge is -2.29. The van der Waals surface area contributed by atoms with Crippen molar-refractivity contribution < 1.29 is 5.11 Å². The van der Waals surface area contributed by atoms with Gasteiger partial charge in [0.1, 0.15) is 0 Å². The van der Waals surface area contributed by atoms with Crippen LogP contribution >= 0.6 is 0 Å². The number of allylic oxidation sites excluding steroid dienone is 2. The van der Waals surface area contributed by atoms with Crippen molar-refractivity contribution in [3.8, 4) is 0 Å². The fourth-order valence-corrected chi connectivity index (χ4v) is 4.63. The summed E-state index contributed by atoms with van der Waals surface area (Å²) in [6.45, 7) is 5.18. The van der Waals surface area contributed by atoms with Gasteiger partial charge in [-0.25, -0.2) is 0 Å². The summed E-state index contributed by atoms with van der Waals surface area (Å²) < 4.78 is 0. The summed E-state index contributed by atoms with van der Waals surface area (Å²) in [5, 5.41) is 13.2. The van der Waals surface area contributed by atoms with E-state index in [1.54, 1.807) is 0 Å². The van der Waals surface area contributed by atoms with Gasteiger partial charge in [0.05, 0.1) is 6.10 Å². The van der Waals surface area contributed by atoms with Gasteiger partial charge in [-0.1, -0.05) is 36.4 Å². The standard InChI is InChI=1S/C21H30N2O/c24-21-7-9-23(10-8-21)15-17-3-1-16(2-4-17)13-22-14-20-12-18-5-6-19(20)11-18/h1-6,18-22,24H,7-15H2/t18-,19-,20-/m0/s1. The molecule has 1 saturated carbocycles. The Kier molecular flexibility index (Phi) is 5.02. The molecule has 0 spiro atoms. The summed E-state index contributed by atoms with van der Waals surface area (Å²) in [4.78, 5) is 2.45. The van der Waals surface area contributed by atoms with Crippen molar-refractivity contribution >= 4 is 0 Å². The van der Waals surface area contributed by atoms with Crippen LogP contribution in [0.3, 0.4) is 0 Å². The minimum Gasteiger partial charge on any atom is -0.393 e. The number of aliphatic hydroxyl groups is 1. The van der Waals surface area contributed by atoms with Crippen LogP contribution in [-0.2, 0) is 13.1 Å². The second-order valence-electron chi connectivity index (χ2n) is 8.00. The molecule has 0 amide bonds. The van der Waals surface area contributed by atoms with Crippen molar-refractivity contribution in [1.82, 2.24) is 10.2 Å². The SMILES string of the molecule is OC1CCN(Cc2ccc(CNC[C@@H]3C[C@H]4C=C[C@H]3C4)cc2)CC1. The molecule has 1 heterocycles. The molecular formula is C21H30N2O. The van der Waals surface area contributed by atoms with Crippen molar-refractivity contribution in [2.75, 3.05) is 19.6 Å². The maximum absolute atomic E-state index is 9.59. The zero-order chi connectivity index (χ0) is 16.4. The van der Waals surface area contributed by atoms with Gasteiger partial charge in [-0.2, -0.15) is 0 Å². The summed E-state index contributed by atoms with van der Waals surface area (Å²) in [5.41, 5.74) is 2.76. The van der Waals surface area contributed by atoms with Crippen molar-refractivity contribution in [2.45, 2.75) is 44.9 Å². The number of nitrogens with one attached hydrogen (secondary N) is 1. The molecule has 2 fully saturated rings. The minimum absolute atomic E-state index is 0.0831. The highest BCUT2D eigenvalue weighted by atomic mass is 16.3. The van der Waals surface area contributed by atoms with Crippen molar-refractivity contribution in [3.05, 3.63) is 47.5 Å². The van der Waals surface area contributed by atoms with Crippen LogP contribution in [-0.4, -0.2) is 35.7 Å². The van der Waals surface area contributed by atoms with Crippen molar-refractivity contribution in [1.29, 1.82) is 0 Å². The fourth-order valence-electron chi connectivity index (χ4n) is 4.63. The highest BCUT2D eigenvalue weighted by Crippen LogP contribution is 2.42. The molecule has 1 aliphatic heterocycles.